The van der Waals surface area contributed by atoms with Crippen molar-refractivity contribution in [3.8, 4) is 0 Å². The van der Waals surface area contributed by atoms with Crippen LogP contribution in [-0.4, -0.2) is 39.9 Å². The van der Waals surface area contributed by atoms with Crippen LogP contribution in [0, 0.1) is 0 Å². The molecule has 0 saturated heterocycles. The number of nitrogens with one attached hydrogen (secondary N) is 2. The molecule has 31 heavy (non-hydrogen) atoms. The Bertz CT molecular complexity index is 1100. The Hall–Kier alpha value is -2.99. The Morgan fingerprint density at radius 2 is 1.84 bits per heavy atom. The Balaban J connectivity index is 1.41. The van der Waals surface area contributed by atoms with E-state index < -0.39 is 0 Å². The average molecular weight is 419 g/mol. The second-order valence-corrected chi connectivity index (χ2v) is 8.81. The van der Waals surface area contributed by atoms with Crippen molar-refractivity contribution in [3.63, 3.8) is 0 Å². The SMILES string of the molecule is CC(C)N(CC(=O)NCC1(c2ccccc2)CCC1)Cc1nc2ccccc2c(=O)[nH]1. The minimum Gasteiger partial charge on any atom is -0.354 e. The fourth-order valence-corrected chi connectivity index (χ4v) is 4.29. The molecule has 4 rings (SSSR count). The van der Waals surface area contributed by atoms with Crippen molar-refractivity contribution in [2.45, 2.75) is 51.1 Å². The van der Waals surface area contributed by atoms with Gasteiger partial charge < -0.3 is 10.3 Å². The van der Waals surface area contributed by atoms with E-state index in [1.807, 2.05) is 43.0 Å². The van der Waals surface area contributed by atoms with Gasteiger partial charge in [0.05, 0.1) is 24.0 Å². The summed E-state index contributed by atoms with van der Waals surface area (Å²) in [5.74, 6) is 0.573. The van der Waals surface area contributed by atoms with Crippen molar-refractivity contribution >= 4 is 16.8 Å². The second-order valence-electron chi connectivity index (χ2n) is 8.81. The van der Waals surface area contributed by atoms with Gasteiger partial charge in [-0.2, -0.15) is 0 Å². The van der Waals surface area contributed by atoms with Crippen LogP contribution in [0.2, 0.25) is 0 Å². The first-order chi connectivity index (χ1) is 15.0. The van der Waals surface area contributed by atoms with Gasteiger partial charge in [0.1, 0.15) is 5.82 Å². The van der Waals surface area contributed by atoms with Crippen LogP contribution in [0.5, 0.6) is 0 Å². The number of aromatic amines is 1. The summed E-state index contributed by atoms with van der Waals surface area (Å²) < 4.78 is 0. The Kier molecular flexibility index (Phi) is 6.18. The number of rotatable bonds is 8. The Morgan fingerprint density at radius 3 is 2.52 bits per heavy atom. The second kappa shape index (κ2) is 9.02. The lowest BCUT2D eigenvalue weighted by molar-refractivity contribution is -0.123. The lowest BCUT2D eigenvalue weighted by Crippen LogP contribution is -2.48. The van der Waals surface area contributed by atoms with E-state index in [2.05, 4.69) is 39.6 Å². The molecule has 0 radical (unpaired) electrons. The molecule has 162 valence electrons. The first-order valence-corrected chi connectivity index (χ1v) is 11.0. The molecule has 0 unspecified atom stereocenters. The largest absolute Gasteiger partial charge is 0.354 e. The van der Waals surface area contributed by atoms with Crippen LogP contribution in [0.25, 0.3) is 10.9 Å². The zero-order chi connectivity index (χ0) is 21.8. The number of amides is 1. The van der Waals surface area contributed by atoms with Crippen LogP contribution >= 0.6 is 0 Å². The summed E-state index contributed by atoms with van der Waals surface area (Å²) in [6.45, 7) is 5.43. The third kappa shape index (κ3) is 4.69. The van der Waals surface area contributed by atoms with E-state index in [-0.39, 0.29) is 29.5 Å². The molecule has 0 bridgehead atoms. The van der Waals surface area contributed by atoms with E-state index in [0.717, 1.165) is 12.8 Å². The number of para-hydroxylation sites is 1. The van der Waals surface area contributed by atoms with Gasteiger partial charge in [0.25, 0.3) is 5.56 Å². The minimum absolute atomic E-state index is 0.000887. The maximum absolute atomic E-state index is 12.8. The predicted octanol–water partition coefficient (Wildman–Crippen LogP) is 3.37. The maximum Gasteiger partial charge on any atom is 0.258 e. The lowest BCUT2D eigenvalue weighted by atomic mass is 9.64. The summed E-state index contributed by atoms with van der Waals surface area (Å²) in [6, 6.07) is 17.9. The van der Waals surface area contributed by atoms with Gasteiger partial charge in [-0.25, -0.2) is 4.98 Å². The van der Waals surface area contributed by atoms with Crippen molar-refractivity contribution in [2.75, 3.05) is 13.1 Å². The molecule has 2 aromatic carbocycles. The highest BCUT2D eigenvalue weighted by molar-refractivity contribution is 5.78. The molecule has 1 aliphatic carbocycles. The summed E-state index contributed by atoms with van der Waals surface area (Å²) in [6.07, 6.45) is 3.41. The summed E-state index contributed by atoms with van der Waals surface area (Å²) >= 11 is 0. The molecule has 3 aromatic rings. The number of fused-ring (bicyclic) bond motifs is 1. The molecule has 1 aliphatic rings. The van der Waals surface area contributed by atoms with Crippen LogP contribution < -0.4 is 10.9 Å². The van der Waals surface area contributed by atoms with E-state index in [4.69, 9.17) is 0 Å². The van der Waals surface area contributed by atoms with E-state index >= 15 is 0 Å². The average Bonchev–Trinajstić information content (AvgIpc) is 2.73. The van der Waals surface area contributed by atoms with E-state index in [9.17, 15) is 9.59 Å². The molecular formula is C25H30N4O2. The molecule has 0 atom stereocenters. The summed E-state index contributed by atoms with van der Waals surface area (Å²) in [4.78, 5) is 34.6. The number of nitrogens with zero attached hydrogens (tertiary/aromatic N) is 2. The third-order valence-electron chi connectivity index (χ3n) is 6.41. The van der Waals surface area contributed by atoms with E-state index in [0.29, 0.717) is 29.8 Å². The molecule has 0 spiro atoms. The number of hydrogen-bond donors (Lipinski definition) is 2. The Labute approximate surface area is 182 Å². The number of carbonyl (C=O) groups is 1. The van der Waals surface area contributed by atoms with Gasteiger partial charge in [-0.3, -0.25) is 14.5 Å². The minimum atomic E-state index is -0.149. The van der Waals surface area contributed by atoms with E-state index in [1.54, 1.807) is 6.07 Å². The molecule has 6 nitrogen and oxygen atoms in total. The van der Waals surface area contributed by atoms with Crippen molar-refractivity contribution in [1.82, 2.24) is 20.2 Å². The van der Waals surface area contributed by atoms with Crippen molar-refractivity contribution < 1.29 is 4.79 Å². The van der Waals surface area contributed by atoms with Crippen LogP contribution in [0.3, 0.4) is 0 Å². The zero-order valence-corrected chi connectivity index (χ0v) is 18.2. The number of aromatic nitrogens is 2. The fourth-order valence-electron chi connectivity index (χ4n) is 4.29. The van der Waals surface area contributed by atoms with Gasteiger partial charge in [-0.15, -0.1) is 0 Å². The number of carbonyl (C=O) groups excluding carboxylic acids is 1. The molecule has 1 heterocycles. The van der Waals surface area contributed by atoms with Crippen LogP contribution in [0.15, 0.2) is 59.4 Å². The van der Waals surface area contributed by atoms with Crippen LogP contribution in [0.1, 0.15) is 44.5 Å². The van der Waals surface area contributed by atoms with Gasteiger partial charge in [0, 0.05) is 18.0 Å². The Morgan fingerprint density at radius 1 is 1.13 bits per heavy atom. The molecule has 1 fully saturated rings. The van der Waals surface area contributed by atoms with Gasteiger partial charge >= 0.3 is 0 Å². The van der Waals surface area contributed by atoms with Gasteiger partial charge in [-0.1, -0.05) is 48.9 Å². The highest BCUT2D eigenvalue weighted by Crippen LogP contribution is 2.43. The molecule has 0 aliphatic heterocycles. The monoisotopic (exact) mass is 418 g/mol. The summed E-state index contributed by atoms with van der Waals surface area (Å²) in [7, 11) is 0. The van der Waals surface area contributed by atoms with Crippen LogP contribution in [-0.2, 0) is 16.8 Å². The lowest BCUT2D eigenvalue weighted by Gasteiger charge is -2.42. The van der Waals surface area contributed by atoms with Gasteiger partial charge in [-0.05, 0) is 44.4 Å². The topological polar surface area (TPSA) is 78.1 Å². The number of hydrogen-bond acceptors (Lipinski definition) is 4. The number of H-pyrrole nitrogens is 1. The normalized spacial score (nSPS) is 15.2. The molecule has 2 N–H and O–H groups in total. The standard InChI is InChI=1S/C25H30N4O2/c1-18(2)29(15-22-27-21-12-7-6-11-20(21)24(31)28-22)16-23(30)26-17-25(13-8-14-25)19-9-4-3-5-10-19/h3-7,9-12,18H,8,13-17H2,1-2H3,(H,26,30)(H,27,28,31). The van der Waals surface area contributed by atoms with Gasteiger partial charge in [0.2, 0.25) is 5.91 Å². The molecule has 1 amide bonds. The molecule has 1 aromatic heterocycles. The fraction of sp³-hybridized carbons (Fsp3) is 0.400. The first kappa shape index (κ1) is 21.2. The summed E-state index contributed by atoms with van der Waals surface area (Å²) in [5.41, 5.74) is 1.89. The highest BCUT2D eigenvalue weighted by atomic mass is 16.2. The maximum atomic E-state index is 12.8. The summed E-state index contributed by atoms with van der Waals surface area (Å²) in [5, 5.41) is 3.74. The van der Waals surface area contributed by atoms with Crippen molar-refractivity contribution in [1.29, 1.82) is 0 Å². The predicted molar refractivity (Wildman–Crippen MR) is 123 cm³/mol. The number of benzene rings is 2. The van der Waals surface area contributed by atoms with Crippen LogP contribution in [0.4, 0.5) is 0 Å². The molecule has 6 heteroatoms. The smallest absolute Gasteiger partial charge is 0.258 e. The zero-order valence-electron chi connectivity index (χ0n) is 18.2. The van der Waals surface area contributed by atoms with Crippen molar-refractivity contribution in [2.24, 2.45) is 0 Å². The van der Waals surface area contributed by atoms with Crippen molar-refractivity contribution in [3.05, 3.63) is 76.3 Å². The first-order valence-electron chi connectivity index (χ1n) is 11.0. The quantitative estimate of drug-likeness (QED) is 0.588. The highest BCUT2D eigenvalue weighted by Gasteiger charge is 2.38. The van der Waals surface area contributed by atoms with Gasteiger partial charge in [0.15, 0.2) is 0 Å². The molecule has 1 saturated carbocycles. The molecular weight excluding hydrogens is 388 g/mol. The third-order valence-corrected chi connectivity index (χ3v) is 6.41. The van der Waals surface area contributed by atoms with E-state index in [1.165, 1.54) is 12.0 Å².